The van der Waals surface area contributed by atoms with Crippen molar-refractivity contribution in [1.29, 1.82) is 0 Å². The van der Waals surface area contributed by atoms with Crippen LogP contribution in [0.3, 0.4) is 0 Å². The Labute approximate surface area is 203 Å². The van der Waals surface area contributed by atoms with Crippen molar-refractivity contribution in [2.75, 3.05) is 24.5 Å². The summed E-state index contributed by atoms with van der Waals surface area (Å²) >= 11 is 9.93. The molecule has 1 aliphatic heterocycles. The Morgan fingerprint density at radius 3 is 2.88 bits per heavy atom. The average Bonchev–Trinajstić information content (AvgIpc) is 3.30. The van der Waals surface area contributed by atoms with Crippen LogP contribution in [0.2, 0.25) is 5.02 Å². The summed E-state index contributed by atoms with van der Waals surface area (Å²) in [6.07, 6.45) is 2.72. The van der Waals surface area contributed by atoms with Crippen molar-refractivity contribution in [3.8, 4) is 11.3 Å². The summed E-state index contributed by atoms with van der Waals surface area (Å²) in [5, 5.41) is 8.01. The van der Waals surface area contributed by atoms with Crippen molar-refractivity contribution in [3.63, 3.8) is 0 Å². The molecular weight excluding hydrogens is 507 g/mol. The van der Waals surface area contributed by atoms with Crippen molar-refractivity contribution in [1.82, 2.24) is 20.2 Å². The average molecular weight is 528 g/mol. The lowest BCUT2D eigenvalue weighted by molar-refractivity contribution is 0.533. The summed E-state index contributed by atoms with van der Waals surface area (Å²) < 4.78 is 15.4. The molecule has 0 bridgehead atoms. The molecule has 0 radical (unpaired) electrons. The normalized spacial score (nSPS) is 24.2. The maximum absolute atomic E-state index is 14.6. The molecule has 3 atom stereocenters. The van der Waals surface area contributed by atoms with E-state index in [0.717, 1.165) is 40.9 Å². The number of nitrogens with one attached hydrogen (secondary N) is 1. The number of aromatic amines is 1. The van der Waals surface area contributed by atoms with Crippen LogP contribution in [-0.4, -0.2) is 39.8 Å². The van der Waals surface area contributed by atoms with Crippen LogP contribution in [0.15, 0.2) is 53.1 Å². The molecule has 3 N–H and O–H groups in total. The number of H-pyrrole nitrogens is 1. The lowest BCUT2D eigenvalue weighted by Crippen LogP contribution is -2.32. The molecule has 1 saturated heterocycles. The molecular formula is C24H21BrClFN6. The van der Waals surface area contributed by atoms with Crippen molar-refractivity contribution >= 4 is 44.5 Å². The van der Waals surface area contributed by atoms with E-state index in [9.17, 15) is 4.39 Å². The lowest BCUT2D eigenvalue weighted by atomic mass is 9.91. The third-order valence-corrected chi connectivity index (χ3v) is 8.62. The SMILES string of the molecule is NC[C@]1(c2ccccc2F)[C@@H]2CCN(c3cnc4c(-c5cccc(Br)c5Cl)n[nH]c4n3)C[C@@H]21. The molecule has 6 nitrogen and oxygen atoms in total. The molecule has 2 aromatic carbocycles. The van der Waals surface area contributed by atoms with E-state index in [4.69, 9.17) is 22.3 Å². The molecule has 4 aromatic rings. The van der Waals surface area contributed by atoms with Gasteiger partial charge >= 0.3 is 0 Å². The number of hydrogen-bond acceptors (Lipinski definition) is 5. The number of rotatable bonds is 4. The highest BCUT2D eigenvalue weighted by molar-refractivity contribution is 9.10. The third kappa shape index (κ3) is 3.11. The predicted molar refractivity (Wildman–Crippen MR) is 131 cm³/mol. The highest BCUT2D eigenvalue weighted by Crippen LogP contribution is 2.63. The van der Waals surface area contributed by atoms with Crippen LogP contribution in [0.1, 0.15) is 12.0 Å². The number of fused-ring (bicyclic) bond motifs is 2. The molecule has 0 amide bonds. The molecule has 6 rings (SSSR count). The second-order valence-corrected chi connectivity index (χ2v) is 10.0. The van der Waals surface area contributed by atoms with Gasteiger partial charge in [-0.25, -0.2) is 14.4 Å². The van der Waals surface area contributed by atoms with Gasteiger partial charge in [0, 0.05) is 35.1 Å². The summed E-state index contributed by atoms with van der Waals surface area (Å²) in [7, 11) is 0. The number of piperidine rings is 1. The summed E-state index contributed by atoms with van der Waals surface area (Å²) in [5.74, 6) is 1.30. The van der Waals surface area contributed by atoms with Crippen LogP contribution in [0, 0.1) is 17.7 Å². The van der Waals surface area contributed by atoms with Crippen LogP contribution in [0.5, 0.6) is 0 Å². The molecule has 2 aromatic heterocycles. The van der Waals surface area contributed by atoms with E-state index in [2.05, 4.69) is 36.0 Å². The van der Waals surface area contributed by atoms with Gasteiger partial charge in [0.15, 0.2) is 5.65 Å². The largest absolute Gasteiger partial charge is 0.355 e. The van der Waals surface area contributed by atoms with Gasteiger partial charge in [-0.2, -0.15) is 5.10 Å². The second kappa shape index (κ2) is 7.75. The number of nitrogens with zero attached hydrogens (tertiary/aromatic N) is 4. The van der Waals surface area contributed by atoms with Crippen LogP contribution in [0.4, 0.5) is 10.2 Å². The van der Waals surface area contributed by atoms with E-state index in [-0.39, 0.29) is 11.2 Å². The molecule has 168 valence electrons. The second-order valence-electron chi connectivity index (χ2n) is 8.77. The molecule has 1 aliphatic carbocycles. The zero-order valence-electron chi connectivity index (χ0n) is 17.6. The highest BCUT2D eigenvalue weighted by Gasteiger charge is 2.66. The number of aromatic nitrogens is 4. The monoisotopic (exact) mass is 526 g/mol. The maximum atomic E-state index is 14.6. The van der Waals surface area contributed by atoms with E-state index >= 15 is 0 Å². The Morgan fingerprint density at radius 2 is 2.06 bits per heavy atom. The minimum absolute atomic E-state index is 0.165. The topological polar surface area (TPSA) is 83.7 Å². The van der Waals surface area contributed by atoms with Crippen molar-refractivity contribution < 1.29 is 4.39 Å². The van der Waals surface area contributed by atoms with Gasteiger partial charge < -0.3 is 10.6 Å². The van der Waals surface area contributed by atoms with Crippen molar-refractivity contribution in [2.45, 2.75) is 11.8 Å². The van der Waals surface area contributed by atoms with Gasteiger partial charge in [0.2, 0.25) is 0 Å². The van der Waals surface area contributed by atoms with Crippen molar-refractivity contribution in [2.24, 2.45) is 17.6 Å². The van der Waals surface area contributed by atoms with Crippen LogP contribution >= 0.6 is 27.5 Å². The van der Waals surface area contributed by atoms with E-state index in [1.54, 1.807) is 12.3 Å². The number of halogens is 3. The first-order chi connectivity index (χ1) is 16.0. The Morgan fingerprint density at radius 1 is 1.21 bits per heavy atom. The molecule has 0 spiro atoms. The smallest absolute Gasteiger partial charge is 0.177 e. The number of nitrogens with two attached hydrogens (primary N) is 1. The quantitative estimate of drug-likeness (QED) is 0.393. The Kier molecular flexibility index (Phi) is 4.94. The van der Waals surface area contributed by atoms with Gasteiger partial charge in [-0.05, 0) is 51.9 Å². The Hall–Kier alpha value is -2.55. The predicted octanol–water partition coefficient (Wildman–Crippen LogP) is 4.93. The molecule has 9 heteroatoms. The van der Waals surface area contributed by atoms with Gasteiger partial charge in [-0.1, -0.05) is 41.9 Å². The van der Waals surface area contributed by atoms with Gasteiger partial charge in [0.05, 0.1) is 11.2 Å². The minimum Gasteiger partial charge on any atom is -0.355 e. The summed E-state index contributed by atoms with van der Waals surface area (Å²) in [5.41, 5.74) is 9.41. The fraction of sp³-hybridized carbons (Fsp3) is 0.292. The fourth-order valence-corrected chi connectivity index (χ4v) is 6.24. The first-order valence-electron chi connectivity index (χ1n) is 10.9. The van der Waals surface area contributed by atoms with Gasteiger partial charge in [0.1, 0.15) is 22.8 Å². The minimum atomic E-state index is -0.295. The fourth-order valence-electron chi connectivity index (χ4n) is 5.66. The van der Waals surface area contributed by atoms with E-state index < -0.39 is 0 Å². The van der Waals surface area contributed by atoms with Crippen LogP contribution < -0.4 is 10.6 Å². The third-order valence-electron chi connectivity index (χ3n) is 7.33. The zero-order valence-corrected chi connectivity index (χ0v) is 19.9. The first kappa shape index (κ1) is 21.0. The molecule has 1 saturated carbocycles. The van der Waals surface area contributed by atoms with Gasteiger partial charge in [-0.15, -0.1) is 0 Å². The zero-order chi connectivity index (χ0) is 22.7. The van der Waals surface area contributed by atoms with Crippen LogP contribution in [-0.2, 0) is 5.41 Å². The van der Waals surface area contributed by atoms with Gasteiger partial charge in [-0.3, -0.25) is 5.10 Å². The Bertz CT molecular complexity index is 1380. The summed E-state index contributed by atoms with van der Waals surface area (Å²) in [6, 6.07) is 12.7. The summed E-state index contributed by atoms with van der Waals surface area (Å²) in [6.45, 7) is 2.05. The molecule has 2 aliphatic rings. The molecule has 2 fully saturated rings. The Balaban J connectivity index is 1.30. The number of hydrogen-bond donors (Lipinski definition) is 2. The first-order valence-corrected chi connectivity index (χ1v) is 12.1. The van der Waals surface area contributed by atoms with E-state index in [1.165, 1.54) is 6.07 Å². The standard InChI is InChI=1S/C24H21BrClFN6/c25-17-6-3-4-13(20(17)26)21-22-23(32-31-21)30-19(10-29-22)33-9-8-14-16(11-33)24(14,12-28)15-5-1-2-7-18(15)27/h1-7,10,14,16H,8-9,11-12,28H2,(H,30,31,32)/t14-,16+,24-/m1/s1. The van der Waals surface area contributed by atoms with Crippen LogP contribution in [0.25, 0.3) is 22.4 Å². The molecule has 0 unspecified atom stereocenters. The number of anilines is 1. The lowest BCUT2D eigenvalue weighted by Gasteiger charge is -2.26. The van der Waals surface area contributed by atoms with E-state index in [0.29, 0.717) is 40.3 Å². The van der Waals surface area contributed by atoms with E-state index in [1.807, 2.05) is 30.3 Å². The maximum Gasteiger partial charge on any atom is 0.177 e. The number of benzene rings is 2. The molecule has 33 heavy (non-hydrogen) atoms. The van der Waals surface area contributed by atoms with Crippen molar-refractivity contribution in [3.05, 3.63) is 69.5 Å². The molecule has 3 heterocycles. The van der Waals surface area contributed by atoms with Gasteiger partial charge in [0.25, 0.3) is 0 Å². The highest BCUT2D eigenvalue weighted by atomic mass is 79.9. The summed E-state index contributed by atoms with van der Waals surface area (Å²) in [4.78, 5) is 11.7.